The summed E-state index contributed by atoms with van der Waals surface area (Å²) in [6.07, 6.45) is 2.25. The predicted octanol–water partition coefficient (Wildman–Crippen LogP) is 5.10. The van der Waals surface area contributed by atoms with E-state index in [9.17, 15) is 0 Å². The van der Waals surface area contributed by atoms with E-state index >= 15 is 0 Å². The molecule has 0 fully saturated rings. The van der Waals surface area contributed by atoms with Crippen molar-refractivity contribution < 1.29 is 0 Å². The summed E-state index contributed by atoms with van der Waals surface area (Å²) in [5, 5.41) is 3.74. The third kappa shape index (κ3) is 3.19. The summed E-state index contributed by atoms with van der Waals surface area (Å²) in [4.78, 5) is 0. The molecule has 21 heavy (non-hydrogen) atoms. The second-order valence-electron chi connectivity index (χ2n) is 5.63. The SMILES string of the molecule is CCNC(c1ccccc1)C(CC)(CC)c1ccccc1. The van der Waals surface area contributed by atoms with Crippen LogP contribution in [0, 0.1) is 0 Å². The zero-order valence-electron chi connectivity index (χ0n) is 13.5. The van der Waals surface area contributed by atoms with Crippen LogP contribution in [-0.4, -0.2) is 6.54 Å². The average molecular weight is 281 g/mol. The second-order valence-corrected chi connectivity index (χ2v) is 5.63. The zero-order chi connectivity index (χ0) is 15.1. The van der Waals surface area contributed by atoms with Crippen molar-refractivity contribution in [2.45, 2.75) is 45.1 Å². The van der Waals surface area contributed by atoms with Crippen LogP contribution >= 0.6 is 0 Å². The van der Waals surface area contributed by atoms with Crippen LogP contribution in [0.25, 0.3) is 0 Å². The Bertz CT molecular complexity index is 514. The van der Waals surface area contributed by atoms with Gasteiger partial charge in [-0.2, -0.15) is 0 Å². The smallest absolute Gasteiger partial charge is 0.0417 e. The summed E-state index contributed by atoms with van der Waals surface area (Å²) in [5.41, 5.74) is 2.95. The van der Waals surface area contributed by atoms with Gasteiger partial charge in [0.05, 0.1) is 0 Å². The Labute approximate surface area is 129 Å². The Hall–Kier alpha value is -1.60. The van der Waals surface area contributed by atoms with Gasteiger partial charge in [-0.3, -0.25) is 0 Å². The average Bonchev–Trinajstić information content (AvgIpc) is 2.57. The summed E-state index contributed by atoms with van der Waals surface area (Å²) < 4.78 is 0. The number of hydrogen-bond acceptors (Lipinski definition) is 1. The van der Waals surface area contributed by atoms with Gasteiger partial charge < -0.3 is 5.32 Å². The second kappa shape index (κ2) is 7.42. The third-order valence-corrected chi connectivity index (χ3v) is 4.70. The van der Waals surface area contributed by atoms with Gasteiger partial charge in [-0.05, 0) is 30.5 Å². The standard InChI is InChI=1S/C20H27N/c1-4-20(5-2,18-15-11-8-12-16-18)19(21-6-3)17-13-9-7-10-14-17/h7-16,19,21H,4-6H2,1-3H3. The molecule has 2 rings (SSSR count). The highest BCUT2D eigenvalue weighted by Crippen LogP contribution is 2.43. The lowest BCUT2D eigenvalue weighted by molar-refractivity contribution is 0.278. The lowest BCUT2D eigenvalue weighted by Crippen LogP contribution is -2.41. The molecular formula is C20H27N. The minimum absolute atomic E-state index is 0.138. The molecule has 0 bridgehead atoms. The van der Waals surface area contributed by atoms with Gasteiger partial charge >= 0.3 is 0 Å². The van der Waals surface area contributed by atoms with Crippen LogP contribution in [0.1, 0.15) is 50.8 Å². The van der Waals surface area contributed by atoms with Crippen molar-refractivity contribution >= 4 is 0 Å². The molecule has 2 aromatic rings. The molecule has 1 N–H and O–H groups in total. The summed E-state index contributed by atoms with van der Waals surface area (Å²) in [6.45, 7) is 7.79. The van der Waals surface area contributed by atoms with E-state index in [0.717, 1.165) is 19.4 Å². The summed E-state index contributed by atoms with van der Waals surface area (Å²) in [6, 6.07) is 22.2. The van der Waals surface area contributed by atoms with E-state index in [1.807, 2.05) is 0 Å². The molecule has 0 aliphatic heterocycles. The van der Waals surface area contributed by atoms with Crippen molar-refractivity contribution in [2.24, 2.45) is 0 Å². The van der Waals surface area contributed by atoms with Crippen LogP contribution < -0.4 is 5.32 Å². The molecule has 0 aliphatic rings. The number of likely N-dealkylation sites (N-methyl/N-ethyl adjacent to an activating group) is 1. The molecule has 0 saturated carbocycles. The molecular weight excluding hydrogens is 254 g/mol. The number of rotatable bonds is 7. The molecule has 0 radical (unpaired) electrons. The van der Waals surface area contributed by atoms with Gasteiger partial charge in [0.2, 0.25) is 0 Å². The molecule has 0 aromatic heterocycles. The lowest BCUT2D eigenvalue weighted by atomic mass is 9.68. The fourth-order valence-corrected chi connectivity index (χ4v) is 3.49. The fourth-order valence-electron chi connectivity index (χ4n) is 3.49. The largest absolute Gasteiger partial charge is 0.309 e. The Balaban J connectivity index is 2.52. The number of nitrogens with one attached hydrogen (secondary N) is 1. The van der Waals surface area contributed by atoms with Gasteiger partial charge in [0.25, 0.3) is 0 Å². The van der Waals surface area contributed by atoms with E-state index in [2.05, 4.69) is 86.8 Å². The van der Waals surface area contributed by atoms with Crippen LogP contribution in [0.4, 0.5) is 0 Å². The first-order chi connectivity index (χ1) is 10.3. The minimum atomic E-state index is 0.138. The van der Waals surface area contributed by atoms with Gasteiger partial charge in [-0.15, -0.1) is 0 Å². The normalized spacial score (nSPS) is 13.1. The van der Waals surface area contributed by atoms with E-state index in [1.54, 1.807) is 0 Å². The molecule has 0 heterocycles. The first-order valence-corrected chi connectivity index (χ1v) is 8.12. The van der Waals surface area contributed by atoms with Crippen LogP contribution in [0.15, 0.2) is 60.7 Å². The first-order valence-electron chi connectivity index (χ1n) is 8.12. The lowest BCUT2D eigenvalue weighted by Gasteiger charge is -2.41. The molecule has 1 atom stereocenters. The molecule has 0 amide bonds. The maximum absolute atomic E-state index is 3.74. The van der Waals surface area contributed by atoms with Gasteiger partial charge in [0.15, 0.2) is 0 Å². The molecule has 1 heteroatoms. The Morgan fingerprint density at radius 2 is 1.33 bits per heavy atom. The van der Waals surface area contributed by atoms with Crippen molar-refractivity contribution in [3.05, 3.63) is 71.8 Å². The monoisotopic (exact) mass is 281 g/mol. The van der Waals surface area contributed by atoms with Crippen molar-refractivity contribution in [1.29, 1.82) is 0 Å². The molecule has 2 aromatic carbocycles. The highest BCUT2D eigenvalue weighted by Gasteiger charge is 2.37. The number of benzene rings is 2. The molecule has 112 valence electrons. The number of hydrogen-bond donors (Lipinski definition) is 1. The molecule has 0 aliphatic carbocycles. The van der Waals surface area contributed by atoms with Crippen molar-refractivity contribution in [3.8, 4) is 0 Å². The van der Waals surface area contributed by atoms with Gasteiger partial charge in [-0.1, -0.05) is 81.4 Å². The van der Waals surface area contributed by atoms with Crippen molar-refractivity contribution in [3.63, 3.8) is 0 Å². The van der Waals surface area contributed by atoms with E-state index < -0.39 is 0 Å². The Morgan fingerprint density at radius 1 is 0.810 bits per heavy atom. The van der Waals surface area contributed by atoms with Gasteiger partial charge in [-0.25, -0.2) is 0 Å². The zero-order valence-corrected chi connectivity index (χ0v) is 13.5. The Morgan fingerprint density at radius 3 is 1.81 bits per heavy atom. The summed E-state index contributed by atoms with van der Waals surface area (Å²) in [5.74, 6) is 0. The van der Waals surface area contributed by atoms with E-state index in [-0.39, 0.29) is 5.41 Å². The van der Waals surface area contributed by atoms with E-state index in [0.29, 0.717) is 6.04 Å². The maximum atomic E-state index is 3.74. The van der Waals surface area contributed by atoms with Crippen LogP contribution in [0.5, 0.6) is 0 Å². The van der Waals surface area contributed by atoms with Crippen molar-refractivity contribution in [2.75, 3.05) is 6.54 Å². The topological polar surface area (TPSA) is 12.0 Å². The molecule has 1 nitrogen and oxygen atoms in total. The highest BCUT2D eigenvalue weighted by atomic mass is 14.9. The van der Waals surface area contributed by atoms with Crippen LogP contribution in [0.2, 0.25) is 0 Å². The summed E-state index contributed by atoms with van der Waals surface area (Å²) in [7, 11) is 0. The fraction of sp³-hybridized carbons (Fsp3) is 0.400. The molecule has 1 unspecified atom stereocenters. The molecule has 0 saturated heterocycles. The molecule has 0 spiro atoms. The van der Waals surface area contributed by atoms with E-state index in [4.69, 9.17) is 0 Å². The first kappa shape index (κ1) is 15.8. The van der Waals surface area contributed by atoms with Gasteiger partial charge in [0, 0.05) is 11.5 Å². The highest BCUT2D eigenvalue weighted by molar-refractivity contribution is 5.33. The Kier molecular flexibility index (Phi) is 5.58. The van der Waals surface area contributed by atoms with Crippen LogP contribution in [-0.2, 0) is 5.41 Å². The maximum Gasteiger partial charge on any atom is 0.0417 e. The third-order valence-electron chi connectivity index (χ3n) is 4.70. The minimum Gasteiger partial charge on any atom is -0.309 e. The van der Waals surface area contributed by atoms with Crippen molar-refractivity contribution in [1.82, 2.24) is 5.32 Å². The summed E-state index contributed by atoms with van der Waals surface area (Å²) >= 11 is 0. The quantitative estimate of drug-likeness (QED) is 0.745. The van der Waals surface area contributed by atoms with Gasteiger partial charge in [0.1, 0.15) is 0 Å². The predicted molar refractivity (Wildman–Crippen MR) is 91.6 cm³/mol. The van der Waals surface area contributed by atoms with Crippen LogP contribution in [0.3, 0.4) is 0 Å². The van der Waals surface area contributed by atoms with E-state index in [1.165, 1.54) is 11.1 Å².